The summed E-state index contributed by atoms with van der Waals surface area (Å²) in [4.78, 5) is 17.6. The number of carbonyl (C=O) groups excluding carboxylic acids is 1. The lowest BCUT2D eigenvalue weighted by Crippen LogP contribution is -2.49. The van der Waals surface area contributed by atoms with E-state index in [2.05, 4.69) is 72.5 Å². The molecule has 0 radical (unpaired) electrons. The Morgan fingerprint density at radius 1 is 0.765 bits per heavy atom. The second-order valence-corrected chi connectivity index (χ2v) is 8.99. The van der Waals surface area contributed by atoms with Crippen molar-refractivity contribution in [2.45, 2.75) is 38.6 Å². The third kappa shape index (κ3) is 6.27. The molecule has 4 nitrogen and oxygen atoms in total. The van der Waals surface area contributed by atoms with Crippen LogP contribution in [-0.2, 0) is 0 Å². The zero-order chi connectivity index (χ0) is 23.6. The predicted octanol–water partition coefficient (Wildman–Crippen LogP) is 6.19. The van der Waals surface area contributed by atoms with Crippen LogP contribution >= 0.6 is 0 Å². The number of nitrogens with zero attached hydrogens (tertiary/aromatic N) is 2. The first kappa shape index (κ1) is 24.0. The molecule has 0 aliphatic carbocycles. The van der Waals surface area contributed by atoms with Crippen LogP contribution in [0.2, 0.25) is 0 Å². The highest BCUT2D eigenvalue weighted by Crippen LogP contribution is 2.29. The predicted molar refractivity (Wildman–Crippen MR) is 138 cm³/mol. The molecule has 3 aromatic rings. The van der Waals surface area contributed by atoms with Crippen molar-refractivity contribution in [3.63, 3.8) is 0 Å². The second-order valence-electron chi connectivity index (χ2n) is 8.99. The van der Waals surface area contributed by atoms with Crippen LogP contribution in [0.5, 0.6) is 5.75 Å². The van der Waals surface area contributed by atoms with Crippen LogP contribution in [-0.4, -0.2) is 48.5 Å². The van der Waals surface area contributed by atoms with E-state index in [4.69, 9.17) is 4.74 Å². The van der Waals surface area contributed by atoms with Crippen LogP contribution in [0.3, 0.4) is 0 Å². The minimum absolute atomic E-state index is 0.102. The summed E-state index contributed by atoms with van der Waals surface area (Å²) in [7, 11) is 0. The van der Waals surface area contributed by atoms with Gasteiger partial charge < -0.3 is 9.64 Å². The number of ether oxygens (including phenoxy) is 1. The van der Waals surface area contributed by atoms with E-state index in [9.17, 15) is 4.79 Å². The maximum Gasteiger partial charge on any atom is 0.253 e. The van der Waals surface area contributed by atoms with E-state index in [0.29, 0.717) is 0 Å². The van der Waals surface area contributed by atoms with E-state index >= 15 is 0 Å². The molecule has 0 saturated carbocycles. The zero-order valence-corrected chi connectivity index (χ0v) is 20.2. The first-order valence-corrected chi connectivity index (χ1v) is 12.6. The number of benzene rings is 3. The Kier molecular flexibility index (Phi) is 8.75. The molecule has 1 heterocycles. The number of rotatable bonds is 10. The van der Waals surface area contributed by atoms with Crippen molar-refractivity contribution in [3.8, 4) is 5.75 Å². The summed E-state index contributed by atoms with van der Waals surface area (Å²) >= 11 is 0. The molecular weight excluding hydrogens is 420 g/mol. The van der Waals surface area contributed by atoms with Gasteiger partial charge in [0.2, 0.25) is 0 Å². The van der Waals surface area contributed by atoms with Crippen molar-refractivity contribution in [1.29, 1.82) is 0 Å². The maximum absolute atomic E-state index is 13.1. The van der Waals surface area contributed by atoms with Crippen molar-refractivity contribution in [1.82, 2.24) is 9.80 Å². The second kappa shape index (κ2) is 12.4. The lowest BCUT2D eigenvalue weighted by Gasteiger charge is -2.39. The third-order valence-corrected chi connectivity index (χ3v) is 6.57. The van der Waals surface area contributed by atoms with Crippen LogP contribution in [0.1, 0.15) is 60.1 Å². The van der Waals surface area contributed by atoms with Crippen molar-refractivity contribution in [3.05, 3.63) is 102 Å². The highest BCUT2D eigenvalue weighted by molar-refractivity contribution is 5.94. The van der Waals surface area contributed by atoms with Crippen molar-refractivity contribution < 1.29 is 9.53 Å². The van der Waals surface area contributed by atoms with Gasteiger partial charge in [0.15, 0.2) is 0 Å². The smallest absolute Gasteiger partial charge is 0.253 e. The molecule has 1 amide bonds. The first-order chi connectivity index (χ1) is 16.8. The van der Waals surface area contributed by atoms with E-state index in [1.54, 1.807) is 0 Å². The van der Waals surface area contributed by atoms with Gasteiger partial charge in [-0.3, -0.25) is 9.69 Å². The molecule has 34 heavy (non-hydrogen) atoms. The number of hydrogen-bond donors (Lipinski definition) is 0. The van der Waals surface area contributed by atoms with Crippen LogP contribution in [0.25, 0.3) is 0 Å². The number of carbonyl (C=O) groups is 1. The van der Waals surface area contributed by atoms with Crippen molar-refractivity contribution in [2.75, 3.05) is 32.8 Å². The molecule has 0 unspecified atom stereocenters. The number of amides is 1. The quantitative estimate of drug-likeness (QED) is 0.341. The summed E-state index contributed by atoms with van der Waals surface area (Å²) < 4.78 is 5.83. The molecule has 1 aliphatic rings. The molecule has 1 saturated heterocycles. The Labute approximate surface area is 204 Å². The van der Waals surface area contributed by atoms with E-state index < -0.39 is 0 Å². The fourth-order valence-electron chi connectivity index (χ4n) is 4.66. The Balaban J connectivity index is 1.35. The summed E-state index contributed by atoms with van der Waals surface area (Å²) in [5.41, 5.74) is 3.31. The summed E-state index contributed by atoms with van der Waals surface area (Å²) in [5, 5.41) is 0. The fraction of sp³-hybridized carbons (Fsp3) is 0.367. The Hall–Kier alpha value is -3.11. The van der Waals surface area contributed by atoms with Gasteiger partial charge in [0.25, 0.3) is 5.91 Å². The molecule has 4 rings (SSSR count). The van der Waals surface area contributed by atoms with E-state index in [0.717, 1.165) is 50.5 Å². The van der Waals surface area contributed by atoms with Gasteiger partial charge in [0.1, 0.15) is 5.75 Å². The Bertz CT molecular complexity index is 957. The Morgan fingerprint density at radius 2 is 1.35 bits per heavy atom. The van der Waals surface area contributed by atoms with E-state index in [-0.39, 0.29) is 11.9 Å². The number of unbranched alkanes of at least 4 members (excludes halogenated alkanes) is 3. The molecular formula is C30H36N2O2. The van der Waals surface area contributed by atoms with Gasteiger partial charge >= 0.3 is 0 Å². The fourth-order valence-corrected chi connectivity index (χ4v) is 4.66. The first-order valence-electron chi connectivity index (χ1n) is 12.6. The molecule has 0 bridgehead atoms. The molecule has 178 valence electrons. The van der Waals surface area contributed by atoms with Gasteiger partial charge in [-0.15, -0.1) is 0 Å². The van der Waals surface area contributed by atoms with E-state index in [1.165, 1.54) is 30.4 Å². The molecule has 0 N–H and O–H groups in total. The number of piperazine rings is 1. The largest absolute Gasteiger partial charge is 0.494 e. The molecule has 1 fully saturated rings. The number of hydrogen-bond acceptors (Lipinski definition) is 3. The Morgan fingerprint density at radius 3 is 1.91 bits per heavy atom. The van der Waals surface area contributed by atoms with Gasteiger partial charge in [-0.1, -0.05) is 86.8 Å². The van der Waals surface area contributed by atoms with Gasteiger partial charge in [-0.2, -0.15) is 0 Å². The van der Waals surface area contributed by atoms with Crippen LogP contribution in [0.4, 0.5) is 0 Å². The standard InChI is InChI=1S/C30H36N2O2/c1-2-3-4-11-24-34-28-18-16-27(17-19-28)30(33)32-22-20-31(21-23-32)29(25-12-7-5-8-13-25)26-14-9-6-10-15-26/h5-10,12-19,29H,2-4,11,20-24H2,1H3. The van der Waals surface area contributed by atoms with Gasteiger partial charge in [-0.25, -0.2) is 0 Å². The van der Waals surface area contributed by atoms with Gasteiger partial charge in [0, 0.05) is 31.7 Å². The highest BCUT2D eigenvalue weighted by atomic mass is 16.5. The van der Waals surface area contributed by atoms with Gasteiger partial charge in [-0.05, 0) is 41.8 Å². The normalized spacial score (nSPS) is 14.4. The van der Waals surface area contributed by atoms with Crippen LogP contribution in [0, 0.1) is 0 Å². The lowest BCUT2D eigenvalue weighted by atomic mass is 9.96. The van der Waals surface area contributed by atoms with Crippen molar-refractivity contribution in [2.24, 2.45) is 0 Å². The van der Waals surface area contributed by atoms with E-state index in [1.807, 2.05) is 29.2 Å². The molecule has 4 heteroatoms. The summed E-state index contributed by atoms with van der Waals surface area (Å²) in [6.07, 6.45) is 4.76. The summed E-state index contributed by atoms with van der Waals surface area (Å²) in [5.74, 6) is 0.941. The molecule has 0 spiro atoms. The van der Waals surface area contributed by atoms with Crippen molar-refractivity contribution >= 4 is 5.91 Å². The van der Waals surface area contributed by atoms with Gasteiger partial charge in [0.05, 0.1) is 12.6 Å². The summed E-state index contributed by atoms with van der Waals surface area (Å²) in [6, 6.07) is 29.1. The molecule has 0 atom stereocenters. The minimum Gasteiger partial charge on any atom is -0.494 e. The average molecular weight is 457 g/mol. The van der Waals surface area contributed by atoms with Crippen LogP contribution < -0.4 is 4.74 Å². The SMILES string of the molecule is CCCCCCOc1ccc(C(=O)N2CCN(C(c3ccccc3)c3ccccc3)CC2)cc1. The minimum atomic E-state index is 0.102. The third-order valence-electron chi connectivity index (χ3n) is 6.57. The lowest BCUT2D eigenvalue weighted by molar-refractivity contribution is 0.0597. The summed E-state index contributed by atoms with van der Waals surface area (Å²) in [6.45, 7) is 6.09. The molecule has 1 aliphatic heterocycles. The highest BCUT2D eigenvalue weighted by Gasteiger charge is 2.28. The van der Waals surface area contributed by atoms with Crippen LogP contribution in [0.15, 0.2) is 84.9 Å². The maximum atomic E-state index is 13.1. The zero-order valence-electron chi connectivity index (χ0n) is 20.2. The topological polar surface area (TPSA) is 32.8 Å². The molecule has 0 aromatic heterocycles. The molecule has 3 aromatic carbocycles. The average Bonchev–Trinajstić information content (AvgIpc) is 2.90. The monoisotopic (exact) mass is 456 g/mol.